The van der Waals surface area contributed by atoms with E-state index in [0.29, 0.717) is 6.42 Å². The Bertz CT molecular complexity index is 534. The van der Waals surface area contributed by atoms with Crippen LogP contribution in [0.4, 0.5) is 0 Å². The van der Waals surface area contributed by atoms with Crippen LogP contribution in [0.25, 0.3) is 0 Å². The van der Waals surface area contributed by atoms with Crippen molar-refractivity contribution in [1.82, 2.24) is 0 Å². The molecule has 0 radical (unpaired) electrons. The normalized spacial score (nSPS) is 23.8. The first-order valence-corrected chi connectivity index (χ1v) is 7.97. The molecule has 0 heterocycles. The van der Waals surface area contributed by atoms with Gasteiger partial charge in [-0.15, -0.1) is 0 Å². The molecule has 23 heavy (non-hydrogen) atoms. The Morgan fingerprint density at radius 2 is 1.39 bits per heavy atom. The van der Waals surface area contributed by atoms with Gasteiger partial charge >= 0.3 is 11.9 Å². The average Bonchev–Trinajstić information content (AvgIpc) is 2.74. The molecule has 0 aromatic heterocycles. The lowest BCUT2D eigenvalue weighted by molar-refractivity contribution is -0.157. The van der Waals surface area contributed by atoms with Gasteiger partial charge in [-0.2, -0.15) is 0 Å². The van der Waals surface area contributed by atoms with Crippen LogP contribution in [0.2, 0.25) is 0 Å². The number of ether oxygens (including phenoxy) is 2. The van der Waals surface area contributed by atoms with Crippen LogP contribution in [0.15, 0.2) is 35.5 Å². The minimum atomic E-state index is -0.941. The molecule has 5 heteroatoms. The van der Waals surface area contributed by atoms with Gasteiger partial charge in [0.1, 0.15) is 11.8 Å². The van der Waals surface area contributed by atoms with E-state index in [1.54, 1.807) is 13.8 Å². The fourth-order valence-electron chi connectivity index (χ4n) is 2.93. The van der Waals surface area contributed by atoms with Gasteiger partial charge in [-0.1, -0.05) is 35.5 Å². The number of carbonyl (C=O) groups is 3. The quantitative estimate of drug-likeness (QED) is 0.588. The SMILES string of the molecule is CCOC(=O)C1CC2=CC=CC=C(C2)CC(C(=O)OCC)C1=O. The number of hydrogen-bond donors (Lipinski definition) is 0. The summed E-state index contributed by atoms with van der Waals surface area (Å²) >= 11 is 0. The third-order valence-corrected chi connectivity index (χ3v) is 3.99. The van der Waals surface area contributed by atoms with E-state index < -0.39 is 29.6 Å². The van der Waals surface area contributed by atoms with Gasteiger partial charge in [-0.25, -0.2) is 0 Å². The molecule has 0 spiro atoms. The minimum Gasteiger partial charge on any atom is -0.465 e. The number of esters is 2. The molecule has 5 nitrogen and oxygen atoms in total. The molecule has 2 unspecified atom stereocenters. The first kappa shape index (κ1) is 17.2. The second-order valence-electron chi connectivity index (χ2n) is 5.63. The number of carbonyl (C=O) groups excluding carboxylic acids is 3. The first-order valence-electron chi connectivity index (χ1n) is 7.97. The molecule has 2 aliphatic carbocycles. The standard InChI is InChI=1S/C18H22O5/c1-3-22-17(20)14-10-12-7-5-6-8-13(9-12)11-15(16(14)19)18(21)23-4-2/h5-8,14-15H,3-4,9-11H2,1-2H3. The fraction of sp³-hybridized carbons (Fsp3) is 0.500. The van der Waals surface area contributed by atoms with Crippen molar-refractivity contribution in [3.05, 3.63) is 35.5 Å². The lowest BCUT2D eigenvalue weighted by Gasteiger charge is -2.25. The van der Waals surface area contributed by atoms with Gasteiger partial charge in [0.2, 0.25) is 0 Å². The van der Waals surface area contributed by atoms with E-state index in [1.807, 2.05) is 24.3 Å². The van der Waals surface area contributed by atoms with Crippen LogP contribution in [0.1, 0.15) is 33.1 Å². The van der Waals surface area contributed by atoms with Crippen molar-refractivity contribution in [3.63, 3.8) is 0 Å². The van der Waals surface area contributed by atoms with Crippen LogP contribution in [0.3, 0.4) is 0 Å². The van der Waals surface area contributed by atoms with E-state index >= 15 is 0 Å². The molecule has 0 saturated heterocycles. The van der Waals surface area contributed by atoms with Crippen LogP contribution < -0.4 is 0 Å². The number of hydrogen-bond acceptors (Lipinski definition) is 5. The smallest absolute Gasteiger partial charge is 0.316 e. The Morgan fingerprint density at radius 1 is 0.957 bits per heavy atom. The molecule has 2 atom stereocenters. The Morgan fingerprint density at radius 3 is 1.78 bits per heavy atom. The number of rotatable bonds is 4. The maximum atomic E-state index is 12.8. The average molecular weight is 318 g/mol. The molecule has 2 rings (SSSR count). The monoisotopic (exact) mass is 318 g/mol. The van der Waals surface area contributed by atoms with E-state index in [4.69, 9.17) is 9.47 Å². The summed E-state index contributed by atoms with van der Waals surface area (Å²) < 4.78 is 10.1. The summed E-state index contributed by atoms with van der Waals surface area (Å²) in [6, 6.07) is 0. The zero-order valence-corrected chi connectivity index (χ0v) is 13.5. The third kappa shape index (κ3) is 4.18. The van der Waals surface area contributed by atoms with Crippen LogP contribution in [0, 0.1) is 11.8 Å². The van der Waals surface area contributed by atoms with Gasteiger partial charge in [0.25, 0.3) is 0 Å². The molecule has 1 fully saturated rings. The minimum absolute atomic E-state index is 0.205. The topological polar surface area (TPSA) is 69.7 Å². The van der Waals surface area contributed by atoms with Crippen molar-refractivity contribution >= 4 is 17.7 Å². The molecule has 0 aliphatic heterocycles. The second-order valence-corrected chi connectivity index (χ2v) is 5.63. The molecule has 124 valence electrons. The van der Waals surface area contributed by atoms with Crippen molar-refractivity contribution in [2.24, 2.45) is 11.8 Å². The summed E-state index contributed by atoms with van der Waals surface area (Å²) in [7, 11) is 0. The largest absolute Gasteiger partial charge is 0.465 e. The molecule has 0 aromatic carbocycles. The van der Waals surface area contributed by atoms with E-state index in [2.05, 4.69) is 0 Å². The third-order valence-electron chi connectivity index (χ3n) is 3.99. The summed E-state index contributed by atoms with van der Waals surface area (Å²) in [6.07, 6.45) is 8.86. The van der Waals surface area contributed by atoms with Gasteiger partial charge in [0, 0.05) is 0 Å². The number of fused-ring (bicyclic) bond motifs is 2. The number of ketones is 1. The Balaban J connectivity index is 2.35. The summed E-state index contributed by atoms with van der Waals surface area (Å²) in [5.41, 5.74) is 2.00. The van der Waals surface area contributed by atoms with Gasteiger partial charge in [0.15, 0.2) is 5.78 Å². The maximum Gasteiger partial charge on any atom is 0.316 e. The number of allylic oxidation sites excluding steroid dienone is 6. The summed E-state index contributed by atoms with van der Waals surface area (Å²) in [4.78, 5) is 37.2. The van der Waals surface area contributed by atoms with Crippen molar-refractivity contribution < 1.29 is 23.9 Å². The highest BCUT2D eigenvalue weighted by Gasteiger charge is 2.40. The molecule has 0 amide bonds. The Hall–Kier alpha value is -2.17. The second kappa shape index (κ2) is 7.90. The Labute approximate surface area is 136 Å². The summed E-state index contributed by atoms with van der Waals surface area (Å²) in [5, 5.41) is 0. The van der Waals surface area contributed by atoms with E-state index in [0.717, 1.165) is 11.1 Å². The van der Waals surface area contributed by atoms with Gasteiger partial charge < -0.3 is 9.47 Å². The van der Waals surface area contributed by atoms with E-state index in [9.17, 15) is 14.4 Å². The number of Topliss-reactive ketones (excluding diaryl/α,β-unsaturated/α-hetero) is 1. The predicted octanol–water partition coefficient (Wildman–Crippen LogP) is 2.52. The molecule has 0 N–H and O–H groups in total. The van der Waals surface area contributed by atoms with Crippen LogP contribution >= 0.6 is 0 Å². The van der Waals surface area contributed by atoms with Gasteiger partial charge in [-0.3, -0.25) is 14.4 Å². The van der Waals surface area contributed by atoms with Crippen LogP contribution in [-0.2, 0) is 23.9 Å². The molecule has 2 bridgehead atoms. The van der Waals surface area contributed by atoms with E-state index in [1.165, 1.54) is 0 Å². The molecular weight excluding hydrogens is 296 g/mol. The first-order chi connectivity index (χ1) is 11.1. The predicted molar refractivity (Wildman–Crippen MR) is 84.4 cm³/mol. The van der Waals surface area contributed by atoms with Gasteiger partial charge in [0.05, 0.1) is 13.2 Å². The maximum absolute atomic E-state index is 12.8. The molecule has 0 aromatic rings. The van der Waals surface area contributed by atoms with Gasteiger partial charge in [-0.05, 0) is 33.1 Å². The lowest BCUT2D eigenvalue weighted by atomic mass is 9.79. The van der Waals surface area contributed by atoms with Crippen molar-refractivity contribution in [2.45, 2.75) is 33.1 Å². The molecule has 2 aliphatic rings. The summed E-state index contributed by atoms with van der Waals surface area (Å²) in [5.74, 6) is -3.41. The highest BCUT2D eigenvalue weighted by Crippen LogP contribution is 2.33. The zero-order chi connectivity index (χ0) is 16.8. The summed E-state index contributed by atoms with van der Waals surface area (Å²) in [6.45, 7) is 3.80. The van der Waals surface area contributed by atoms with Crippen molar-refractivity contribution in [1.29, 1.82) is 0 Å². The Kier molecular flexibility index (Phi) is 5.90. The van der Waals surface area contributed by atoms with Crippen LogP contribution in [-0.4, -0.2) is 30.9 Å². The lowest BCUT2D eigenvalue weighted by Crippen LogP contribution is -2.37. The van der Waals surface area contributed by atoms with Crippen LogP contribution in [0.5, 0.6) is 0 Å². The van der Waals surface area contributed by atoms with E-state index in [-0.39, 0.29) is 26.1 Å². The highest BCUT2D eigenvalue weighted by molar-refractivity contribution is 6.08. The molecule has 1 saturated carbocycles. The highest BCUT2D eigenvalue weighted by atomic mass is 16.5. The zero-order valence-electron chi connectivity index (χ0n) is 13.5. The van der Waals surface area contributed by atoms with Crippen molar-refractivity contribution in [3.8, 4) is 0 Å². The van der Waals surface area contributed by atoms with Crippen molar-refractivity contribution in [2.75, 3.05) is 13.2 Å². The fourth-order valence-corrected chi connectivity index (χ4v) is 2.93. The molecular formula is C18H22O5.